The number of rotatable bonds is 5. The Labute approximate surface area is 178 Å². The zero-order valence-corrected chi connectivity index (χ0v) is 17.0. The number of nitrogens with one attached hydrogen (secondary N) is 2. The monoisotopic (exact) mass is 417 g/mol. The van der Waals surface area contributed by atoms with Gasteiger partial charge in [-0.2, -0.15) is 4.98 Å². The van der Waals surface area contributed by atoms with Crippen molar-refractivity contribution in [3.63, 3.8) is 0 Å². The summed E-state index contributed by atoms with van der Waals surface area (Å²) >= 11 is 0. The molecule has 2 heterocycles. The summed E-state index contributed by atoms with van der Waals surface area (Å²) in [6.07, 6.45) is 3.78. The summed E-state index contributed by atoms with van der Waals surface area (Å²) < 4.78 is 21.3. The molecule has 2 aromatic carbocycles. The summed E-state index contributed by atoms with van der Waals surface area (Å²) in [4.78, 5) is 20.9. The van der Waals surface area contributed by atoms with E-state index in [9.17, 15) is 9.18 Å². The molecule has 0 radical (unpaired) electrons. The van der Waals surface area contributed by atoms with Crippen molar-refractivity contribution in [3.8, 4) is 17.4 Å². The van der Waals surface area contributed by atoms with E-state index in [0.717, 1.165) is 0 Å². The van der Waals surface area contributed by atoms with Gasteiger partial charge in [0.05, 0.1) is 0 Å². The molecule has 31 heavy (non-hydrogen) atoms. The van der Waals surface area contributed by atoms with Crippen molar-refractivity contribution >= 4 is 17.4 Å². The van der Waals surface area contributed by atoms with Gasteiger partial charge in [-0.3, -0.25) is 0 Å². The highest BCUT2D eigenvalue weighted by atomic mass is 19.1. The van der Waals surface area contributed by atoms with E-state index in [1.54, 1.807) is 56.3 Å². The smallest absolute Gasteiger partial charge is 0.323 e. The molecule has 0 bridgehead atoms. The van der Waals surface area contributed by atoms with Crippen LogP contribution in [0.1, 0.15) is 11.4 Å². The van der Waals surface area contributed by atoms with Crippen molar-refractivity contribution in [2.75, 3.05) is 10.6 Å². The van der Waals surface area contributed by atoms with Crippen LogP contribution in [-0.2, 0) is 0 Å². The zero-order chi connectivity index (χ0) is 21.8. The first kappa shape index (κ1) is 20.1. The zero-order valence-electron chi connectivity index (χ0n) is 17.0. The van der Waals surface area contributed by atoms with E-state index in [4.69, 9.17) is 4.74 Å². The largest absolute Gasteiger partial charge is 0.439 e. The molecule has 0 atom stereocenters. The van der Waals surface area contributed by atoms with E-state index in [2.05, 4.69) is 20.6 Å². The standard InChI is InChI=1S/C23H20FN5O2/c1-15-5-6-18(13-20(15)24)28-23(30)27-17-7-9-19(10-8-17)31-22-14-21(25-16(2)26-22)29-11-3-4-12-29/h3-14H,1-2H3,(H2,27,28,30). The summed E-state index contributed by atoms with van der Waals surface area (Å²) in [5.41, 5.74) is 1.45. The van der Waals surface area contributed by atoms with Gasteiger partial charge >= 0.3 is 6.03 Å². The number of nitrogens with zero attached hydrogens (tertiary/aromatic N) is 3. The number of aryl methyl sites for hydroxylation is 2. The Kier molecular flexibility index (Phi) is 5.61. The van der Waals surface area contributed by atoms with Gasteiger partial charge in [0.25, 0.3) is 0 Å². The summed E-state index contributed by atoms with van der Waals surface area (Å²) in [5, 5.41) is 5.29. The molecule has 4 aromatic rings. The number of carbonyl (C=O) groups excluding carboxylic acids is 1. The summed E-state index contributed by atoms with van der Waals surface area (Å²) in [5.74, 6) is 1.89. The fourth-order valence-corrected chi connectivity index (χ4v) is 2.89. The van der Waals surface area contributed by atoms with Gasteiger partial charge in [0.15, 0.2) is 0 Å². The van der Waals surface area contributed by atoms with E-state index in [1.807, 2.05) is 29.1 Å². The van der Waals surface area contributed by atoms with E-state index in [1.165, 1.54) is 6.07 Å². The molecule has 0 unspecified atom stereocenters. The Morgan fingerprint density at radius 1 is 0.935 bits per heavy atom. The van der Waals surface area contributed by atoms with Crippen LogP contribution in [0.2, 0.25) is 0 Å². The third kappa shape index (κ3) is 5.05. The van der Waals surface area contributed by atoms with E-state index in [-0.39, 0.29) is 5.82 Å². The Bertz CT molecular complexity index is 1210. The minimum atomic E-state index is -0.472. The molecule has 0 saturated carbocycles. The van der Waals surface area contributed by atoms with Crippen LogP contribution in [0, 0.1) is 19.7 Å². The second kappa shape index (κ2) is 8.66. The average molecular weight is 417 g/mol. The van der Waals surface area contributed by atoms with Crippen LogP contribution in [0.3, 0.4) is 0 Å². The quantitative estimate of drug-likeness (QED) is 0.452. The number of urea groups is 1. The first-order chi connectivity index (χ1) is 15.0. The van der Waals surface area contributed by atoms with Crippen LogP contribution in [-0.4, -0.2) is 20.6 Å². The molecule has 8 heteroatoms. The maximum Gasteiger partial charge on any atom is 0.323 e. The van der Waals surface area contributed by atoms with Crippen LogP contribution < -0.4 is 15.4 Å². The maximum absolute atomic E-state index is 13.6. The van der Waals surface area contributed by atoms with Gasteiger partial charge in [0.2, 0.25) is 5.88 Å². The van der Waals surface area contributed by atoms with Crippen LogP contribution >= 0.6 is 0 Å². The van der Waals surface area contributed by atoms with E-state index in [0.29, 0.717) is 40.2 Å². The second-order valence-electron chi connectivity index (χ2n) is 6.87. The minimum absolute atomic E-state index is 0.373. The van der Waals surface area contributed by atoms with Crippen molar-refractivity contribution in [1.29, 1.82) is 0 Å². The lowest BCUT2D eigenvalue weighted by atomic mass is 10.2. The normalized spacial score (nSPS) is 10.5. The molecule has 7 nitrogen and oxygen atoms in total. The van der Waals surface area contributed by atoms with Gasteiger partial charge in [0, 0.05) is 29.8 Å². The van der Waals surface area contributed by atoms with Crippen molar-refractivity contribution in [2.24, 2.45) is 0 Å². The molecule has 156 valence electrons. The van der Waals surface area contributed by atoms with Gasteiger partial charge in [-0.25, -0.2) is 14.2 Å². The summed E-state index contributed by atoms with van der Waals surface area (Å²) in [7, 11) is 0. The number of benzene rings is 2. The number of anilines is 2. The average Bonchev–Trinajstić information content (AvgIpc) is 3.27. The van der Waals surface area contributed by atoms with Gasteiger partial charge in [-0.15, -0.1) is 0 Å². The van der Waals surface area contributed by atoms with Crippen LogP contribution in [0.25, 0.3) is 5.82 Å². The van der Waals surface area contributed by atoms with Crippen LogP contribution in [0.4, 0.5) is 20.6 Å². The SMILES string of the molecule is Cc1nc(Oc2ccc(NC(=O)Nc3ccc(C)c(F)c3)cc2)cc(-n2cccc2)n1. The number of aromatic nitrogens is 3. The molecule has 0 saturated heterocycles. The molecule has 2 aromatic heterocycles. The van der Waals surface area contributed by atoms with Crippen molar-refractivity contribution in [1.82, 2.24) is 14.5 Å². The predicted molar refractivity (Wildman–Crippen MR) is 116 cm³/mol. The van der Waals surface area contributed by atoms with E-state index < -0.39 is 6.03 Å². The predicted octanol–water partition coefficient (Wildman–Crippen LogP) is 5.46. The molecule has 2 amide bonds. The molecular formula is C23H20FN5O2. The maximum atomic E-state index is 13.6. The number of hydrogen-bond acceptors (Lipinski definition) is 4. The third-order valence-corrected chi connectivity index (χ3v) is 4.43. The Morgan fingerprint density at radius 2 is 1.61 bits per heavy atom. The van der Waals surface area contributed by atoms with Crippen LogP contribution in [0.5, 0.6) is 11.6 Å². The van der Waals surface area contributed by atoms with Gasteiger partial charge in [-0.1, -0.05) is 6.07 Å². The first-order valence-electron chi connectivity index (χ1n) is 9.57. The Balaban J connectivity index is 1.40. The topological polar surface area (TPSA) is 81.1 Å². The number of hydrogen-bond donors (Lipinski definition) is 2. The fraction of sp³-hybridized carbons (Fsp3) is 0.0870. The van der Waals surface area contributed by atoms with Crippen molar-refractivity contribution < 1.29 is 13.9 Å². The van der Waals surface area contributed by atoms with Crippen molar-refractivity contribution in [3.05, 3.63) is 90.3 Å². The van der Waals surface area contributed by atoms with Gasteiger partial charge in [0.1, 0.15) is 23.2 Å². The highest BCUT2D eigenvalue weighted by molar-refractivity contribution is 5.99. The number of carbonyl (C=O) groups is 1. The van der Waals surface area contributed by atoms with E-state index >= 15 is 0 Å². The molecule has 4 rings (SSSR count). The lowest BCUT2D eigenvalue weighted by Crippen LogP contribution is -2.19. The molecule has 2 N–H and O–H groups in total. The molecule has 0 spiro atoms. The summed E-state index contributed by atoms with van der Waals surface area (Å²) in [6.45, 7) is 3.46. The third-order valence-electron chi connectivity index (χ3n) is 4.43. The number of halogens is 1. The lowest BCUT2D eigenvalue weighted by Gasteiger charge is -2.10. The molecule has 0 aliphatic heterocycles. The second-order valence-corrected chi connectivity index (χ2v) is 6.87. The lowest BCUT2D eigenvalue weighted by molar-refractivity contribution is 0.262. The van der Waals surface area contributed by atoms with Crippen LogP contribution in [0.15, 0.2) is 73.1 Å². The first-order valence-corrected chi connectivity index (χ1v) is 9.57. The highest BCUT2D eigenvalue weighted by Gasteiger charge is 2.08. The molecule has 0 aliphatic carbocycles. The Hall–Kier alpha value is -4.20. The molecular weight excluding hydrogens is 397 g/mol. The highest BCUT2D eigenvalue weighted by Crippen LogP contribution is 2.23. The van der Waals surface area contributed by atoms with Gasteiger partial charge < -0.3 is 19.9 Å². The summed E-state index contributed by atoms with van der Waals surface area (Å²) in [6, 6.07) is 16.4. The van der Waals surface area contributed by atoms with Gasteiger partial charge in [-0.05, 0) is 67.9 Å². The number of ether oxygens (including phenoxy) is 1. The Morgan fingerprint density at radius 3 is 2.32 bits per heavy atom. The van der Waals surface area contributed by atoms with Crippen molar-refractivity contribution in [2.45, 2.75) is 13.8 Å². The minimum Gasteiger partial charge on any atom is -0.439 e. The molecule has 0 aliphatic rings. The number of amides is 2. The molecule has 0 fully saturated rings. The fourth-order valence-electron chi connectivity index (χ4n) is 2.89.